The van der Waals surface area contributed by atoms with E-state index in [1.165, 1.54) is 7.11 Å². The lowest BCUT2D eigenvalue weighted by atomic mass is 9.60. The molecular weight excluding hydrogens is 308 g/mol. The van der Waals surface area contributed by atoms with Crippen molar-refractivity contribution >= 4 is 17.7 Å². The molecule has 1 heterocycles. The SMILES string of the molecule is COC(=O)[C@H]1[C@H]2[C@@]3(CCC[C@@]2(C)C(=O)O3)[C@@H]2CC[C@@H]3C[C@@]21CC3=O. The number of ether oxygens (including phenoxy) is 2. The van der Waals surface area contributed by atoms with Crippen LogP contribution in [0.15, 0.2) is 0 Å². The molecule has 130 valence electrons. The third kappa shape index (κ3) is 1.35. The quantitative estimate of drug-likeness (QED) is 0.689. The molecule has 0 radical (unpaired) electrons. The summed E-state index contributed by atoms with van der Waals surface area (Å²) in [6.07, 6.45) is 5.57. The molecule has 0 aromatic heterocycles. The third-order valence-corrected chi connectivity index (χ3v) is 8.31. The van der Waals surface area contributed by atoms with Crippen molar-refractivity contribution in [1.29, 1.82) is 0 Å². The molecule has 1 spiro atoms. The molecule has 4 aliphatic carbocycles. The van der Waals surface area contributed by atoms with Crippen molar-refractivity contribution < 1.29 is 23.9 Å². The zero-order valence-electron chi connectivity index (χ0n) is 14.3. The topological polar surface area (TPSA) is 69.7 Å². The van der Waals surface area contributed by atoms with E-state index in [-0.39, 0.29) is 41.0 Å². The zero-order chi connectivity index (χ0) is 16.9. The van der Waals surface area contributed by atoms with Crippen molar-refractivity contribution in [2.24, 2.45) is 34.5 Å². The fraction of sp³-hybridized carbons (Fsp3) is 0.842. The van der Waals surface area contributed by atoms with Gasteiger partial charge in [0.2, 0.25) is 0 Å². The van der Waals surface area contributed by atoms with E-state index in [1.807, 2.05) is 6.92 Å². The number of carbonyl (C=O) groups excluding carboxylic acids is 3. The van der Waals surface area contributed by atoms with Gasteiger partial charge in [-0.1, -0.05) is 0 Å². The number of fused-ring (bicyclic) bond motifs is 1. The first-order valence-electron chi connectivity index (χ1n) is 9.23. The average Bonchev–Trinajstić information content (AvgIpc) is 2.99. The van der Waals surface area contributed by atoms with Gasteiger partial charge in [-0.15, -0.1) is 0 Å². The van der Waals surface area contributed by atoms with E-state index < -0.39 is 11.0 Å². The Hall–Kier alpha value is -1.39. The Kier molecular flexibility index (Phi) is 2.63. The predicted octanol–water partition coefficient (Wildman–Crippen LogP) is 2.27. The lowest BCUT2D eigenvalue weighted by Gasteiger charge is -2.43. The van der Waals surface area contributed by atoms with Gasteiger partial charge in [-0.2, -0.15) is 0 Å². The first-order chi connectivity index (χ1) is 11.4. The van der Waals surface area contributed by atoms with E-state index in [4.69, 9.17) is 9.47 Å². The van der Waals surface area contributed by atoms with Gasteiger partial charge in [-0.25, -0.2) is 0 Å². The minimum absolute atomic E-state index is 0.0898. The van der Waals surface area contributed by atoms with Gasteiger partial charge in [0, 0.05) is 24.2 Å². The number of ketones is 1. The van der Waals surface area contributed by atoms with Crippen molar-refractivity contribution in [3.05, 3.63) is 0 Å². The summed E-state index contributed by atoms with van der Waals surface area (Å²) in [5.41, 5.74) is -1.49. The second kappa shape index (κ2) is 4.23. The summed E-state index contributed by atoms with van der Waals surface area (Å²) in [4.78, 5) is 38.2. The van der Waals surface area contributed by atoms with Crippen molar-refractivity contribution in [1.82, 2.24) is 0 Å². The minimum Gasteiger partial charge on any atom is -0.469 e. The van der Waals surface area contributed by atoms with E-state index in [0.29, 0.717) is 12.2 Å². The zero-order valence-corrected chi connectivity index (χ0v) is 14.3. The van der Waals surface area contributed by atoms with Gasteiger partial charge in [0.1, 0.15) is 11.4 Å². The van der Waals surface area contributed by atoms with E-state index in [2.05, 4.69) is 0 Å². The van der Waals surface area contributed by atoms with E-state index >= 15 is 0 Å². The summed E-state index contributed by atoms with van der Waals surface area (Å²) in [7, 11) is 1.42. The van der Waals surface area contributed by atoms with Crippen LogP contribution in [0.2, 0.25) is 0 Å². The average molecular weight is 332 g/mol. The molecule has 5 heteroatoms. The molecule has 5 nitrogen and oxygen atoms in total. The smallest absolute Gasteiger partial charge is 0.312 e. The molecule has 4 bridgehead atoms. The van der Waals surface area contributed by atoms with Crippen LogP contribution >= 0.6 is 0 Å². The molecule has 0 aromatic rings. The molecule has 0 unspecified atom stereocenters. The van der Waals surface area contributed by atoms with Gasteiger partial charge in [-0.3, -0.25) is 14.4 Å². The highest BCUT2D eigenvalue weighted by Gasteiger charge is 2.82. The molecule has 5 rings (SSSR count). The number of esters is 2. The second-order valence-electron chi connectivity index (χ2n) is 9.00. The van der Waals surface area contributed by atoms with Crippen LogP contribution in [0, 0.1) is 34.5 Å². The first-order valence-corrected chi connectivity index (χ1v) is 9.23. The van der Waals surface area contributed by atoms with Crippen molar-refractivity contribution in [2.75, 3.05) is 7.11 Å². The van der Waals surface area contributed by atoms with Crippen LogP contribution < -0.4 is 0 Å². The Morgan fingerprint density at radius 3 is 2.79 bits per heavy atom. The third-order valence-electron chi connectivity index (χ3n) is 8.31. The summed E-state index contributed by atoms with van der Waals surface area (Å²) in [5.74, 6) is -0.366. The number of hydrogen-bond acceptors (Lipinski definition) is 5. The maximum Gasteiger partial charge on any atom is 0.312 e. The number of hydrogen-bond donors (Lipinski definition) is 0. The number of carbonyl (C=O) groups is 3. The van der Waals surface area contributed by atoms with Gasteiger partial charge in [-0.05, 0) is 50.9 Å². The van der Waals surface area contributed by atoms with E-state index in [1.54, 1.807) is 0 Å². The maximum atomic E-state index is 12.9. The van der Waals surface area contributed by atoms with Crippen molar-refractivity contribution in [3.8, 4) is 0 Å². The number of rotatable bonds is 1. The molecule has 1 aliphatic heterocycles. The molecule has 0 aromatic carbocycles. The van der Waals surface area contributed by atoms with Gasteiger partial charge in [0.05, 0.1) is 18.4 Å². The molecule has 0 amide bonds. The normalized spacial score (nSPS) is 54.2. The summed E-state index contributed by atoms with van der Waals surface area (Å²) in [5, 5.41) is 0. The fourth-order valence-electron chi connectivity index (χ4n) is 7.64. The Bertz CT molecular complexity index is 671. The monoisotopic (exact) mass is 332 g/mol. The van der Waals surface area contributed by atoms with Gasteiger partial charge >= 0.3 is 11.9 Å². The number of methoxy groups -OCH3 is 1. The molecule has 24 heavy (non-hydrogen) atoms. The molecule has 5 aliphatic rings. The molecule has 1 saturated heterocycles. The fourth-order valence-corrected chi connectivity index (χ4v) is 7.64. The summed E-state index contributed by atoms with van der Waals surface area (Å²) in [6.45, 7) is 1.97. The van der Waals surface area contributed by atoms with Gasteiger partial charge in [0.15, 0.2) is 0 Å². The largest absolute Gasteiger partial charge is 0.469 e. The summed E-state index contributed by atoms with van der Waals surface area (Å²) >= 11 is 0. The molecule has 4 saturated carbocycles. The standard InChI is InChI=1S/C19H24O5/c1-17-6-3-7-19(24-16(17)22)12-5-4-10-8-18(12,9-11(10)20)13(14(17)19)15(21)23-2/h10,12-14H,3-9H2,1-2H3/t10-,12-,13-,14-,17-,18-,19-/m1/s1. The lowest BCUT2D eigenvalue weighted by Crippen LogP contribution is -2.47. The minimum atomic E-state index is -0.607. The highest BCUT2D eigenvalue weighted by atomic mass is 16.6. The Morgan fingerprint density at radius 2 is 2.04 bits per heavy atom. The van der Waals surface area contributed by atoms with Crippen LogP contribution in [0.1, 0.15) is 51.9 Å². The van der Waals surface area contributed by atoms with Crippen molar-refractivity contribution in [3.63, 3.8) is 0 Å². The van der Waals surface area contributed by atoms with Crippen LogP contribution in [0.3, 0.4) is 0 Å². The number of Topliss-reactive ketones (excluding diaryl/α,β-unsaturated/α-hetero) is 1. The first kappa shape index (κ1) is 14.9. The highest BCUT2D eigenvalue weighted by molar-refractivity contribution is 5.89. The maximum absolute atomic E-state index is 12.9. The molecule has 0 N–H and O–H groups in total. The second-order valence-corrected chi connectivity index (χ2v) is 9.00. The van der Waals surface area contributed by atoms with Crippen molar-refractivity contribution in [2.45, 2.75) is 57.5 Å². The molecular formula is C19H24O5. The van der Waals surface area contributed by atoms with Gasteiger partial charge < -0.3 is 9.47 Å². The van der Waals surface area contributed by atoms with Gasteiger partial charge in [0.25, 0.3) is 0 Å². The molecule has 5 fully saturated rings. The Balaban J connectivity index is 1.74. The molecule has 7 atom stereocenters. The van der Waals surface area contributed by atoms with E-state index in [0.717, 1.165) is 38.5 Å². The lowest BCUT2D eigenvalue weighted by molar-refractivity contribution is -0.161. The predicted molar refractivity (Wildman–Crippen MR) is 82.7 cm³/mol. The Morgan fingerprint density at radius 1 is 1.25 bits per heavy atom. The Labute approximate surface area is 141 Å². The van der Waals surface area contributed by atoms with Crippen LogP contribution in [-0.2, 0) is 23.9 Å². The highest BCUT2D eigenvalue weighted by Crippen LogP contribution is 2.76. The van der Waals surface area contributed by atoms with Crippen LogP contribution in [-0.4, -0.2) is 30.4 Å². The summed E-state index contributed by atoms with van der Waals surface area (Å²) < 4.78 is 11.3. The van der Waals surface area contributed by atoms with E-state index in [9.17, 15) is 14.4 Å². The van der Waals surface area contributed by atoms with Crippen LogP contribution in [0.5, 0.6) is 0 Å². The van der Waals surface area contributed by atoms with Crippen LogP contribution in [0.25, 0.3) is 0 Å². The van der Waals surface area contributed by atoms with Crippen LogP contribution in [0.4, 0.5) is 0 Å². The summed E-state index contributed by atoms with van der Waals surface area (Å²) in [6, 6.07) is 0.